The van der Waals surface area contributed by atoms with Gasteiger partial charge in [-0.15, -0.1) is 5.10 Å². The minimum Gasteiger partial charge on any atom is -0.508 e. The predicted molar refractivity (Wildman–Crippen MR) is 108 cm³/mol. The second-order valence-corrected chi connectivity index (χ2v) is 6.16. The van der Waals surface area contributed by atoms with E-state index in [1.54, 1.807) is 30.5 Å². The first kappa shape index (κ1) is 16.7. The molecule has 1 heterocycles. The summed E-state index contributed by atoms with van der Waals surface area (Å²) < 4.78 is 0. The van der Waals surface area contributed by atoms with E-state index in [0.717, 1.165) is 28.5 Å². The lowest BCUT2D eigenvalue weighted by Gasteiger charge is -2.08. The van der Waals surface area contributed by atoms with Crippen molar-refractivity contribution in [1.29, 1.82) is 0 Å². The van der Waals surface area contributed by atoms with Crippen LogP contribution in [0.1, 0.15) is 16.8 Å². The number of hydrogen-bond donors (Lipinski definition) is 2. The number of hydrazone groups is 1. The highest BCUT2D eigenvalue weighted by Gasteiger charge is 2.09. The monoisotopic (exact) mass is 354 g/mol. The Bertz CT molecular complexity index is 1080. The summed E-state index contributed by atoms with van der Waals surface area (Å²) in [5.41, 5.74) is 5.98. The molecule has 2 N–H and O–H groups in total. The number of nitrogens with zero attached hydrogens (tertiary/aromatic N) is 3. The summed E-state index contributed by atoms with van der Waals surface area (Å²) in [4.78, 5) is 0. The third-order valence-electron chi connectivity index (χ3n) is 4.26. The molecule has 0 amide bonds. The maximum atomic E-state index is 9.33. The van der Waals surface area contributed by atoms with Crippen molar-refractivity contribution in [2.75, 3.05) is 5.43 Å². The Morgan fingerprint density at radius 1 is 0.815 bits per heavy atom. The van der Waals surface area contributed by atoms with Gasteiger partial charge in [-0.1, -0.05) is 54.6 Å². The first-order valence-corrected chi connectivity index (χ1v) is 8.66. The van der Waals surface area contributed by atoms with Gasteiger partial charge in [-0.25, -0.2) is 0 Å². The zero-order valence-corrected chi connectivity index (χ0v) is 14.6. The molecule has 4 rings (SSSR count). The number of benzene rings is 3. The van der Waals surface area contributed by atoms with Crippen LogP contribution in [-0.2, 0) is 6.42 Å². The number of aromatic nitrogens is 2. The van der Waals surface area contributed by atoms with Gasteiger partial charge in [0.2, 0.25) is 0 Å². The summed E-state index contributed by atoms with van der Waals surface area (Å²) >= 11 is 0. The molecule has 0 aliphatic heterocycles. The van der Waals surface area contributed by atoms with E-state index in [9.17, 15) is 5.11 Å². The van der Waals surface area contributed by atoms with Crippen LogP contribution in [0.25, 0.3) is 10.8 Å². The lowest BCUT2D eigenvalue weighted by atomic mass is 10.0. The Balaban J connectivity index is 1.60. The molecular weight excluding hydrogens is 336 g/mol. The van der Waals surface area contributed by atoms with Gasteiger partial charge in [-0.2, -0.15) is 10.2 Å². The largest absolute Gasteiger partial charge is 0.508 e. The van der Waals surface area contributed by atoms with Gasteiger partial charge in [-0.3, -0.25) is 5.43 Å². The van der Waals surface area contributed by atoms with Crippen molar-refractivity contribution < 1.29 is 5.11 Å². The molecular formula is C22H18N4O. The highest BCUT2D eigenvalue weighted by molar-refractivity contribution is 5.93. The fourth-order valence-corrected chi connectivity index (χ4v) is 2.89. The van der Waals surface area contributed by atoms with Crippen LogP contribution in [0.3, 0.4) is 0 Å². The van der Waals surface area contributed by atoms with Crippen LogP contribution in [0, 0.1) is 0 Å². The van der Waals surface area contributed by atoms with Crippen molar-refractivity contribution in [2.24, 2.45) is 5.10 Å². The van der Waals surface area contributed by atoms with E-state index in [1.807, 2.05) is 36.4 Å². The SMILES string of the molecule is Oc1ccc(/C=N/Nc2nnc(Cc3ccccc3)c3ccccc23)cc1. The van der Waals surface area contributed by atoms with E-state index in [2.05, 4.69) is 38.9 Å². The van der Waals surface area contributed by atoms with Gasteiger partial charge in [0.1, 0.15) is 5.75 Å². The van der Waals surface area contributed by atoms with E-state index in [1.165, 1.54) is 5.56 Å². The lowest BCUT2D eigenvalue weighted by Crippen LogP contribution is -2.02. The van der Waals surface area contributed by atoms with Gasteiger partial charge in [-0.05, 0) is 35.4 Å². The van der Waals surface area contributed by atoms with Crippen LogP contribution < -0.4 is 5.43 Å². The Hall–Kier alpha value is -3.73. The Morgan fingerprint density at radius 3 is 2.30 bits per heavy atom. The summed E-state index contributed by atoms with van der Waals surface area (Å²) in [6.07, 6.45) is 2.40. The number of phenols is 1. The lowest BCUT2D eigenvalue weighted by molar-refractivity contribution is 0.475. The number of nitrogens with one attached hydrogen (secondary N) is 1. The van der Waals surface area contributed by atoms with Gasteiger partial charge in [0, 0.05) is 17.2 Å². The van der Waals surface area contributed by atoms with Crippen LogP contribution in [-0.4, -0.2) is 21.5 Å². The van der Waals surface area contributed by atoms with Crippen LogP contribution in [0.2, 0.25) is 0 Å². The highest BCUT2D eigenvalue weighted by atomic mass is 16.3. The zero-order chi connectivity index (χ0) is 18.5. The molecule has 1 aromatic heterocycles. The van der Waals surface area contributed by atoms with E-state index >= 15 is 0 Å². The normalized spacial score (nSPS) is 11.1. The number of anilines is 1. The van der Waals surface area contributed by atoms with Crippen molar-refractivity contribution in [1.82, 2.24) is 10.2 Å². The molecule has 0 radical (unpaired) electrons. The average molecular weight is 354 g/mol. The molecule has 0 unspecified atom stereocenters. The third kappa shape index (κ3) is 3.93. The molecule has 0 bridgehead atoms. The van der Waals surface area contributed by atoms with E-state index in [0.29, 0.717) is 5.82 Å². The van der Waals surface area contributed by atoms with Crippen molar-refractivity contribution in [3.8, 4) is 5.75 Å². The topological polar surface area (TPSA) is 70.4 Å². The molecule has 3 aromatic carbocycles. The predicted octanol–water partition coefficient (Wildman–Crippen LogP) is 4.37. The van der Waals surface area contributed by atoms with Crippen molar-refractivity contribution in [3.63, 3.8) is 0 Å². The molecule has 0 saturated heterocycles. The first-order chi connectivity index (χ1) is 13.3. The molecule has 0 aliphatic rings. The Morgan fingerprint density at radius 2 is 1.52 bits per heavy atom. The standard InChI is InChI=1S/C22H18N4O/c27-18-12-10-17(11-13-18)15-23-25-22-20-9-5-4-8-19(20)21(24-26-22)14-16-6-2-1-3-7-16/h1-13,15,27H,14H2,(H,25,26)/b23-15+. The number of fused-ring (bicyclic) bond motifs is 1. The van der Waals surface area contributed by atoms with Crippen molar-refractivity contribution in [3.05, 3.63) is 95.7 Å². The number of hydrogen-bond acceptors (Lipinski definition) is 5. The van der Waals surface area contributed by atoms with Crippen LogP contribution >= 0.6 is 0 Å². The van der Waals surface area contributed by atoms with Gasteiger partial charge < -0.3 is 5.11 Å². The summed E-state index contributed by atoms with van der Waals surface area (Å²) in [7, 11) is 0. The summed E-state index contributed by atoms with van der Waals surface area (Å²) in [6, 6.07) is 25.1. The summed E-state index contributed by atoms with van der Waals surface area (Å²) in [5, 5.41) is 24.4. The third-order valence-corrected chi connectivity index (χ3v) is 4.26. The Kier molecular flexibility index (Phi) is 4.74. The summed E-state index contributed by atoms with van der Waals surface area (Å²) in [5.74, 6) is 0.836. The highest BCUT2D eigenvalue weighted by Crippen LogP contribution is 2.24. The fraction of sp³-hybridized carbons (Fsp3) is 0.0455. The molecule has 5 nitrogen and oxygen atoms in total. The Labute approximate surface area is 157 Å². The van der Waals surface area contributed by atoms with Gasteiger partial charge in [0.15, 0.2) is 5.82 Å². The molecule has 4 aromatic rings. The zero-order valence-electron chi connectivity index (χ0n) is 14.6. The number of rotatable bonds is 5. The molecule has 27 heavy (non-hydrogen) atoms. The number of aromatic hydroxyl groups is 1. The van der Waals surface area contributed by atoms with E-state index < -0.39 is 0 Å². The maximum absolute atomic E-state index is 9.33. The van der Waals surface area contributed by atoms with Crippen LogP contribution in [0.5, 0.6) is 5.75 Å². The number of phenolic OH excluding ortho intramolecular Hbond substituents is 1. The quantitative estimate of drug-likeness (QED) is 0.412. The van der Waals surface area contributed by atoms with Gasteiger partial charge >= 0.3 is 0 Å². The smallest absolute Gasteiger partial charge is 0.176 e. The van der Waals surface area contributed by atoms with Gasteiger partial charge in [0.25, 0.3) is 0 Å². The summed E-state index contributed by atoms with van der Waals surface area (Å²) in [6.45, 7) is 0. The molecule has 132 valence electrons. The fourth-order valence-electron chi connectivity index (χ4n) is 2.89. The van der Waals surface area contributed by atoms with Crippen LogP contribution in [0.15, 0.2) is 84.0 Å². The van der Waals surface area contributed by atoms with E-state index in [4.69, 9.17) is 0 Å². The first-order valence-electron chi connectivity index (χ1n) is 8.66. The van der Waals surface area contributed by atoms with Crippen molar-refractivity contribution in [2.45, 2.75) is 6.42 Å². The van der Waals surface area contributed by atoms with Crippen LogP contribution in [0.4, 0.5) is 5.82 Å². The average Bonchev–Trinajstić information content (AvgIpc) is 2.72. The van der Waals surface area contributed by atoms with Crippen molar-refractivity contribution >= 4 is 22.8 Å². The minimum absolute atomic E-state index is 0.228. The second-order valence-electron chi connectivity index (χ2n) is 6.16. The molecule has 0 atom stereocenters. The molecule has 0 aliphatic carbocycles. The van der Waals surface area contributed by atoms with Gasteiger partial charge in [0.05, 0.1) is 11.9 Å². The molecule has 0 saturated carbocycles. The molecule has 0 spiro atoms. The van der Waals surface area contributed by atoms with E-state index in [-0.39, 0.29) is 5.75 Å². The molecule has 5 heteroatoms. The second kappa shape index (κ2) is 7.66. The molecule has 0 fully saturated rings. The maximum Gasteiger partial charge on any atom is 0.176 e. The minimum atomic E-state index is 0.228.